The molecule has 0 saturated carbocycles. The lowest BCUT2D eigenvalue weighted by molar-refractivity contribution is 0.241. The standard InChI is InChI=1S/C18H25N3O/c1-3-18-19-10-12-21(18)14-13-20-11-6-8-16(20)15-7-4-5-9-17(15)22-2/h4-5,7,9-10,12,16H,3,6,8,11,13-14H2,1-2H3/t16-/m1/s1. The van der Waals surface area contributed by atoms with Crippen LogP contribution in [0.4, 0.5) is 0 Å². The van der Waals surface area contributed by atoms with Gasteiger partial charge in [0.2, 0.25) is 0 Å². The van der Waals surface area contributed by atoms with Crippen molar-refractivity contribution in [3.8, 4) is 5.75 Å². The molecule has 0 unspecified atom stereocenters. The molecular formula is C18H25N3O. The average Bonchev–Trinajstić information content (AvgIpc) is 3.21. The van der Waals surface area contributed by atoms with E-state index >= 15 is 0 Å². The first kappa shape index (κ1) is 15.1. The lowest BCUT2D eigenvalue weighted by atomic mass is 10.0. The van der Waals surface area contributed by atoms with Gasteiger partial charge in [-0.05, 0) is 25.5 Å². The number of methoxy groups -OCH3 is 1. The van der Waals surface area contributed by atoms with E-state index in [1.54, 1.807) is 7.11 Å². The predicted octanol–water partition coefficient (Wildman–Crippen LogP) is 3.29. The number of hydrogen-bond acceptors (Lipinski definition) is 3. The fraction of sp³-hybridized carbons (Fsp3) is 0.500. The van der Waals surface area contributed by atoms with Crippen molar-refractivity contribution in [2.75, 3.05) is 20.2 Å². The maximum Gasteiger partial charge on any atom is 0.123 e. The Hall–Kier alpha value is -1.81. The fourth-order valence-corrected chi connectivity index (χ4v) is 3.48. The van der Waals surface area contributed by atoms with Crippen LogP contribution in [0.5, 0.6) is 5.75 Å². The predicted molar refractivity (Wildman–Crippen MR) is 88.1 cm³/mol. The van der Waals surface area contributed by atoms with E-state index in [2.05, 4.69) is 45.8 Å². The summed E-state index contributed by atoms with van der Waals surface area (Å²) in [6.07, 6.45) is 7.45. The summed E-state index contributed by atoms with van der Waals surface area (Å²) >= 11 is 0. The molecule has 22 heavy (non-hydrogen) atoms. The van der Waals surface area contributed by atoms with Gasteiger partial charge in [0.15, 0.2) is 0 Å². The molecule has 1 saturated heterocycles. The molecule has 1 aromatic heterocycles. The molecule has 1 aromatic carbocycles. The summed E-state index contributed by atoms with van der Waals surface area (Å²) < 4.78 is 7.83. The highest BCUT2D eigenvalue weighted by Crippen LogP contribution is 2.36. The monoisotopic (exact) mass is 299 g/mol. The van der Waals surface area contributed by atoms with Crippen LogP contribution >= 0.6 is 0 Å². The first-order valence-electron chi connectivity index (χ1n) is 8.20. The van der Waals surface area contributed by atoms with Gasteiger partial charge in [0.1, 0.15) is 11.6 Å². The summed E-state index contributed by atoms with van der Waals surface area (Å²) in [4.78, 5) is 6.99. The second-order valence-corrected chi connectivity index (χ2v) is 5.83. The third-order valence-electron chi connectivity index (χ3n) is 4.61. The van der Waals surface area contributed by atoms with E-state index in [0.29, 0.717) is 6.04 Å². The Balaban J connectivity index is 1.71. The molecule has 0 amide bonds. The van der Waals surface area contributed by atoms with Gasteiger partial charge in [-0.2, -0.15) is 0 Å². The molecule has 2 heterocycles. The van der Waals surface area contributed by atoms with Crippen molar-refractivity contribution in [2.45, 2.75) is 38.8 Å². The SMILES string of the molecule is CCc1nccn1CCN1CCC[C@@H]1c1ccccc1OC. The zero-order valence-electron chi connectivity index (χ0n) is 13.5. The Morgan fingerprint density at radius 3 is 2.95 bits per heavy atom. The molecule has 0 spiro atoms. The van der Waals surface area contributed by atoms with Crippen molar-refractivity contribution in [2.24, 2.45) is 0 Å². The van der Waals surface area contributed by atoms with Crippen LogP contribution in [0.25, 0.3) is 0 Å². The molecule has 0 N–H and O–H groups in total. The van der Waals surface area contributed by atoms with Crippen LogP contribution in [0.1, 0.15) is 37.2 Å². The van der Waals surface area contributed by atoms with Crippen molar-refractivity contribution < 1.29 is 4.74 Å². The summed E-state index contributed by atoms with van der Waals surface area (Å²) in [6, 6.07) is 8.90. The van der Waals surface area contributed by atoms with Crippen molar-refractivity contribution in [3.63, 3.8) is 0 Å². The summed E-state index contributed by atoms with van der Waals surface area (Å²) in [7, 11) is 1.76. The molecule has 0 aliphatic carbocycles. The molecule has 4 nitrogen and oxygen atoms in total. The van der Waals surface area contributed by atoms with Crippen LogP contribution in [0.3, 0.4) is 0 Å². The molecule has 0 radical (unpaired) electrons. The van der Waals surface area contributed by atoms with Gasteiger partial charge in [0, 0.05) is 43.5 Å². The van der Waals surface area contributed by atoms with Gasteiger partial charge in [0.25, 0.3) is 0 Å². The number of aromatic nitrogens is 2. The van der Waals surface area contributed by atoms with Crippen LogP contribution in [-0.2, 0) is 13.0 Å². The largest absolute Gasteiger partial charge is 0.496 e. The van der Waals surface area contributed by atoms with E-state index < -0.39 is 0 Å². The number of rotatable bonds is 6. The molecule has 1 atom stereocenters. The smallest absolute Gasteiger partial charge is 0.123 e. The fourth-order valence-electron chi connectivity index (χ4n) is 3.48. The zero-order chi connectivity index (χ0) is 15.4. The molecule has 1 fully saturated rings. The quantitative estimate of drug-likeness (QED) is 0.820. The average molecular weight is 299 g/mol. The van der Waals surface area contributed by atoms with Gasteiger partial charge in [0.05, 0.1) is 7.11 Å². The number of aryl methyl sites for hydroxylation is 1. The van der Waals surface area contributed by atoms with Crippen LogP contribution in [0.2, 0.25) is 0 Å². The minimum Gasteiger partial charge on any atom is -0.496 e. The number of hydrogen-bond donors (Lipinski definition) is 0. The Bertz CT molecular complexity index is 608. The highest BCUT2D eigenvalue weighted by molar-refractivity contribution is 5.36. The lowest BCUT2D eigenvalue weighted by Gasteiger charge is -2.26. The molecule has 1 aliphatic rings. The highest BCUT2D eigenvalue weighted by atomic mass is 16.5. The first-order chi connectivity index (χ1) is 10.8. The minimum absolute atomic E-state index is 0.477. The molecule has 3 rings (SSSR count). The Labute approximate surface area is 132 Å². The van der Waals surface area contributed by atoms with Crippen molar-refractivity contribution in [1.29, 1.82) is 0 Å². The lowest BCUT2D eigenvalue weighted by Crippen LogP contribution is -2.27. The summed E-state index contributed by atoms with van der Waals surface area (Å²) in [6.45, 7) is 5.39. The van der Waals surface area contributed by atoms with Crippen LogP contribution in [0.15, 0.2) is 36.7 Å². The summed E-state index contributed by atoms with van der Waals surface area (Å²) in [5, 5.41) is 0. The molecule has 2 aromatic rings. The Morgan fingerprint density at radius 1 is 1.27 bits per heavy atom. The maximum absolute atomic E-state index is 5.55. The normalized spacial score (nSPS) is 18.7. The van der Waals surface area contributed by atoms with Crippen LogP contribution < -0.4 is 4.74 Å². The Kier molecular flexibility index (Phi) is 4.78. The van der Waals surface area contributed by atoms with E-state index in [9.17, 15) is 0 Å². The first-order valence-corrected chi connectivity index (χ1v) is 8.20. The van der Waals surface area contributed by atoms with Crippen LogP contribution in [0, 0.1) is 0 Å². The van der Waals surface area contributed by atoms with E-state index in [0.717, 1.165) is 25.3 Å². The maximum atomic E-state index is 5.55. The van der Waals surface area contributed by atoms with Crippen molar-refractivity contribution in [1.82, 2.24) is 14.5 Å². The third kappa shape index (κ3) is 3.02. The number of benzene rings is 1. The van der Waals surface area contributed by atoms with E-state index in [1.807, 2.05) is 12.3 Å². The summed E-state index contributed by atoms with van der Waals surface area (Å²) in [5.41, 5.74) is 1.32. The van der Waals surface area contributed by atoms with Gasteiger partial charge in [-0.1, -0.05) is 25.1 Å². The molecule has 0 bridgehead atoms. The van der Waals surface area contributed by atoms with Gasteiger partial charge in [-0.3, -0.25) is 4.90 Å². The molecule has 118 valence electrons. The second-order valence-electron chi connectivity index (χ2n) is 5.83. The number of likely N-dealkylation sites (tertiary alicyclic amines) is 1. The van der Waals surface area contributed by atoms with Crippen molar-refractivity contribution in [3.05, 3.63) is 48.0 Å². The van der Waals surface area contributed by atoms with E-state index in [-0.39, 0.29) is 0 Å². The number of imidazole rings is 1. The number of para-hydroxylation sites is 1. The number of ether oxygens (including phenoxy) is 1. The van der Waals surface area contributed by atoms with Gasteiger partial charge >= 0.3 is 0 Å². The van der Waals surface area contributed by atoms with Crippen molar-refractivity contribution >= 4 is 0 Å². The molecule has 4 heteroatoms. The van der Waals surface area contributed by atoms with Gasteiger partial charge in [-0.25, -0.2) is 4.98 Å². The van der Waals surface area contributed by atoms with Gasteiger partial charge in [-0.15, -0.1) is 0 Å². The zero-order valence-corrected chi connectivity index (χ0v) is 13.5. The topological polar surface area (TPSA) is 30.3 Å². The van der Waals surface area contributed by atoms with E-state index in [4.69, 9.17) is 4.74 Å². The second kappa shape index (κ2) is 6.97. The third-order valence-corrected chi connectivity index (χ3v) is 4.61. The van der Waals surface area contributed by atoms with Crippen LogP contribution in [-0.4, -0.2) is 34.7 Å². The number of nitrogens with zero attached hydrogens (tertiary/aromatic N) is 3. The highest BCUT2D eigenvalue weighted by Gasteiger charge is 2.27. The Morgan fingerprint density at radius 2 is 2.14 bits per heavy atom. The molecular weight excluding hydrogens is 274 g/mol. The van der Waals surface area contributed by atoms with Gasteiger partial charge < -0.3 is 9.30 Å². The van der Waals surface area contributed by atoms with E-state index in [1.165, 1.54) is 30.8 Å². The molecule has 1 aliphatic heterocycles. The minimum atomic E-state index is 0.477. The summed E-state index contributed by atoms with van der Waals surface area (Å²) in [5.74, 6) is 2.18.